The molecule has 0 radical (unpaired) electrons. The molecule has 0 N–H and O–H groups in total. The molecule has 5 heteroatoms. The van der Waals surface area contributed by atoms with Crippen LogP contribution in [0.2, 0.25) is 0 Å². The Balaban J connectivity index is 1.93. The number of rotatable bonds is 2. The third-order valence-electron chi connectivity index (χ3n) is 3.93. The number of morpholine rings is 1. The Kier molecular flexibility index (Phi) is 4.20. The van der Waals surface area contributed by atoms with Crippen molar-refractivity contribution < 1.29 is 18.3 Å². The maximum atomic E-state index is 13.0. The molecule has 1 saturated carbocycles. The molecule has 1 saturated heterocycles. The molecule has 1 aliphatic carbocycles. The van der Waals surface area contributed by atoms with E-state index in [-0.39, 0.29) is 12.6 Å². The van der Waals surface area contributed by atoms with Gasteiger partial charge in [-0.2, -0.15) is 8.78 Å². The second-order valence-electron chi connectivity index (χ2n) is 5.45. The zero-order valence-corrected chi connectivity index (χ0v) is 10.8. The fourth-order valence-electron chi connectivity index (χ4n) is 2.93. The third kappa shape index (κ3) is 3.19. The zero-order valence-electron chi connectivity index (χ0n) is 10.8. The summed E-state index contributed by atoms with van der Waals surface area (Å²) >= 11 is 0. The van der Waals surface area contributed by atoms with E-state index in [1.54, 1.807) is 0 Å². The molecule has 0 bridgehead atoms. The Hall–Kier alpha value is -0.710. The van der Waals surface area contributed by atoms with Crippen LogP contribution in [-0.2, 0) is 9.53 Å². The van der Waals surface area contributed by atoms with Crippen LogP contribution in [0.3, 0.4) is 0 Å². The Morgan fingerprint density at radius 3 is 2.56 bits per heavy atom. The van der Waals surface area contributed by atoms with Crippen molar-refractivity contribution >= 4 is 5.91 Å². The van der Waals surface area contributed by atoms with Crippen molar-refractivity contribution in [1.82, 2.24) is 4.90 Å². The minimum Gasteiger partial charge on any atom is -0.374 e. The summed E-state index contributed by atoms with van der Waals surface area (Å²) in [5, 5.41) is 0. The van der Waals surface area contributed by atoms with Gasteiger partial charge in [0.25, 0.3) is 5.91 Å². The van der Waals surface area contributed by atoms with Gasteiger partial charge in [-0.05, 0) is 18.8 Å². The van der Waals surface area contributed by atoms with Crippen LogP contribution in [0.15, 0.2) is 0 Å². The second kappa shape index (κ2) is 5.51. The maximum absolute atomic E-state index is 13.0. The van der Waals surface area contributed by atoms with Gasteiger partial charge in [0.2, 0.25) is 0 Å². The third-order valence-corrected chi connectivity index (χ3v) is 3.93. The van der Waals surface area contributed by atoms with Gasteiger partial charge in [-0.3, -0.25) is 4.79 Å². The number of hydrogen-bond acceptors (Lipinski definition) is 2. The van der Waals surface area contributed by atoms with Crippen LogP contribution in [0.25, 0.3) is 0 Å². The minimum atomic E-state index is -3.27. The molecule has 3 nitrogen and oxygen atoms in total. The number of nitrogens with zero attached hydrogens (tertiary/aromatic N) is 1. The van der Waals surface area contributed by atoms with Gasteiger partial charge in [-0.25, -0.2) is 0 Å². The molecule has 0 unspecified atom stereocenters. The first-order chi connectivity index (χ1) is 8.48. The van der Waals surface area contributed by atoms with E-state index in [2.05, 4.69) is 0 Å². The topological polar surface area (TPSA) is 29.5 Å². The van der Waals surface area contributed by atoms with Crippen molar-refractivity contribution in [3.8, 4) is 0 Å². The fraction of sp³-hybridized carbons (Fsp3) is 0.923. The summed E-state index contributed by atoms with van der Waals surface area (Å²) in [6.45, 7) is 1.65. The largest absolute Gasteiger partial charge is 0.374 e. The first-order valence-electron chi connectivity index (χ1n) is 6.77. The SMILES string of the molecule is CC(F)(F)C(=O)N1CCO[C@H](C2CCCCC2)C1. The highest BCUT2D eigenvalue weighted by Crippen LogP contribution is 2.30. The van der Waals surface area contributed by atoms with Crippen molar-refractivity contribution in [2.75, 3.05) is 19.7 Å². The molecule has 0 aromatic heterocycles. The lowest BCUT2D eigenvalue weighted by atomic mass is 9.84. The van der Waals surface area contributed by atoms with Crippen LogP contribution in [0.4, 0.5) is 8.78 Å². The van der Waals surface area contributed by atoms with Gasteiger partial charge in [0.15, 0.2) is 0 Å². The maximum Gasteiger partial charge on any atom is 0.322 e. The lowest BCUT2D eigenvalue weighted by molar-refractivity contribution is -0.164. The summed E-state index contributed by atoms with van der Waals surface area (Å²) in [4.78, 5) is 12.8. The highest BCUT2D eigenvalue weighted by molar-refractivity contribution is 5.83. The number of carbonyl (C=O) groups is 1. The summed E-state index contributed by atoms with van der Waals surface area (Å²) in [6.07, 6.45) is 5.75. The Bertz CT molecular complexity index is 298. The molecule has 1 heterocycles. The van der Waals surface area contributed by atoms with E-state index < -0.39 is 11.8 Å². The van der Waals surface area contributed by atoms with Crippen molar-refractivity contribution in [1.29, 1.82) is 0 Å². The summed E-state index contributed by atoms with van der Waals surface area (Å²) in [7, 11) is 0. The number of amides is 1. The number of hydrogen-bond donors (Lipinski definition) is 0. The summed E-state index contributed by atoms with van der Waals surface area (Å²) in [5.41, 5.74) is 0. The van der Waals surface area contributed by atoms with Gasteiger partial charge >= 0.3 is 5.92 Å². The van der Waals surface area contributed by atoms with Crippen LogP contribution in [0.5, 0.6) is 0 Å². The molecular formula is C13H21F2NO2. The number of halogens is 2. The average molecular weight is 261 g/mol. The standard InChI is InChI=1S/C13H21F2NO2/c1-13(14,15)12(17)16-7-8-18-11(9-16)10-5-3-2-4-6-10/h10-11H,2-9H2,1H3/t11-/m0/s1. The smallest absolute Gasteiger partial charge is 0.322 e. The lowest BCUT2D eigenvalue weighted by Crippen LogP contribution is -2.52. The van der Waals surface area contributed by atoms with E-state index >= 15 is 0 Å². The zero-order chi connectivity index (χ0) is 13.2. The van der Waals surface area contributed by atoms with Gasteiger partial charge in [-0.15, -0.1) is 0 Å². The molecule has 0 aromatic carbocycles. The van der Waals surface area contributed by atoms with Crippen molar-refractivity contribution in [3.63, 3.8) is 0 Å². The number of alkyl halides is 2. The van der Waals surface area contributed by atoms with Crippen molar-refractivity contribution in [3.05, 3.63) is 0 Å². The first kappa shape index (κ1) is 13.7. The van der Waals surface area contributed by atoms with Crippen LogP contribution in [0.1, 0.15) is 39.0 Å². The van der Waals surface area contributed by atoms with Crippen molar-refractivity contribution in [2.24, 2.45) is 5.92 Å². The average Bonchev–Trinajstić information content (AvgIpc) is 2.38. The fourth-order valence-corrected chi connectivity index (χ4v) is 2.93. The Labute approximate surface area is 106 Å². The van der Waals surface area contributed by atoms with Gasteiger partial charge < -0.3 is 9.64 Å². The molecule has 1 amide bonds. The van der Waals surface area contributed by atoms with E-state index in [0.717, 1.165) is 12.8 Å². The Morgan fingerprint density at radius 1 is 1.28 bits per heavy atom. The Morgan fingerprint density at radius 2 is 1.94 bits per heavy atom. The number of ether oxygens (including phenoxy) is 1. The minimum absolute atomic E-state index is 0.0506. The molecule has 2 aliphatic rings. The lowest BCUT2D eigenvalue weighted by Gasteiger charge is -2.39. The highest BCUT2D eigenvalue weighted by Gasteiger charge is 2.40. The second-order valence-corrected chi connectivity index (χ2v) is 5.45. The predicted molar refractivity (Wildman–Crippen MR) is 63.5 cm³/mol. The van der Waals surface area contributed by atoms with E-state index in [1.807, 2.05) is 0 Å². The van der Waals surface area contributed by atoms with Gasteiger partial charge in [0, 0.05) is 20.0 Å². The molecule has 0 spiro atoms. The normalized spacial score (nSPS) is 27.3. The molecule has 1 aliphatic heterocycles. The van der Waals surface area contributed by atoms with E-state index in [4.69, 9.17) is 4.74 Å². The summed E-state index contributed by atoms with van der Waals surface area (Å²) in [5.74, 6) is -3.90. The van der Waals surface area contributed by atoms with E-state index in [1.165, 1.54) is 24.2 Å². The predicted octanol–water partition coefficient (Wildman–Crippen LogP) is 2.45. The van der Waals surface area contributed by atoms with E-state index in [0.29, 0.717) is 26.0 Å². The summed E-state index contributed by atoms with van der Waals surface area (Å²) < 4.78 is 31.7. The first-order valence-corrected chi connectivity index (χ1v) is 6.77. The van der Waals surface area contributed by atoms with Gasteiger partial charge in [-0.1, -0.05) is 19.3 Å². The van der Waals surface area contributed by atoms with E-state index in [9.17, 15) is 13.6 Å². The van der Waals surface area contributed by atoms with Crippen LogP contribution >= 0.6 is 0 Å². The molecule has 2 fully saturated rings. The monoisotopic (exact) mass is 261 g/mol. The van der Waals surface area contributed by atoms with Crippen LogP contribution < -0.4 is 0 Å². The van der Waals surface area contributed by atoms with Crippen molar-refractivity contribution in [2.45, 2.75) is 51.1 Å². The van der Waals surface area contributed by atoms with Gasteiger partial charge in [0.1, 0.15) is 0 Å². The molecule has 18 heavy (non-hydrogen) atoms. The molecule has 104 valence electrons. The molecule has 0 aromatic rings. The molecule has 2 rings (SSSR count). The summed E-state index contributed by atoms with van der Waals surface area (Å²) in [6, 6.07) is 0. The van der Waals surface area contributed by atoms with Crippen LogP contribution in [0, 0.1) is 5.92 Å². The van der Waals surface area contributed by atoms with Gasteiger partial charge in [0.05, 0.1) is 12.7 Å². The number of carbonyl (C=O) groups excluding carboxylic acids is 1. The quantitative estimate of drug-likeness (QED) is 0.764. The molecule has 1 atom stereocenters. The molecular weight excluding hydrogens is 240 g/mol. The highest BCUT2D eigenvalue weighted by atomic mass is 19.3. The van der Waals surface area contributed by atoms with Crippen LogP contribution in [-0.4, -0.2) is 42.5 Å².